The van der Waals surface area contributed by atoms with Gasteiger partial charge in [0.15, 0.2) is 0 Å². The quantitative estimate of drug-likeness (QED) is 0.594. The molecule has 0 radical (unpaired) electrons. The van der Waals surface area contributed by atoms with Gasteiger partial charge in [0.2, 0.25) is 0 Å². The molecule has 0 aliphatic carbocycles. The zero-order valence-corrected chi connectivity index (χ0v) is 8.80. The first kappa shape index (κ1) is 10.7. The van der Waals surface area contributed by atoms with Crippen LogP contribution in [0.5, 0.6) is 5.75 Å². The normalized spacial score (nSPS) is 12.3. The van der Waals surface area contributed by atoms with Crippen molar-refractivity contribution in [2.24, 2.45) is 5.84 Å². The van der Waals surface area contributed by atoms with Crippen LogP contribution in [0.2, 0.25) is 0 Å². The molecule has 0 aliphatic rings. The van der Waals surface area contributed by atoms with Gasteiger partial charge in [0.05, 0.1) is 18.6 Å². The zero-order chi connectivity index (χ0) is 11.2. The van der Waals surface area contributed by atoms with Crippen molar-refractivity contribution in [2.75, 3.05) is 6.61 Å². The molecular formula is C12H14N2O2. The summed E-state index contributed by atoms with van der Waals surface area (Å²) in [6.07, 6.45) is 3.26. The number of hydrogen-bond donors (Lipinski definition) is 2. The lowest BCUT2D eigenvalue weighted by Gasteiger charge is -2.14. The lowest BCUT2D eigenvalue weighted by molar-refractivity contribution is 0.267. The Balaban J connectivity index is 1.94. The fourth-order valence-electron chi connectivity index (χ4n) is 1.41. The first-order valence-corrected chi connectivity index (χ1v) is 5.06. The summed E-state index contributed by atoms with van der Waals surface area (Å²) in [5.74, 6) is 6.28. The summed E-state index contributed by atoms with van der Waals surface area (Å²) in [6, 6.07) is 11.4. The molecule has 0 saturated carbocycles. The molecule has 0 fully saturated rings. The average molecular weight is 218 g/mol. The minimum atomic E-state index is -0.0704. The molecule has 4 heteroatoms. The van der Waals surface area contributed by atoms with Crippen LogP contribution in [-0.4, -0.2) is 6.61 Å². The molecule has 1 atom stereocenters. The Bertz CT molecular complexity index is 400. The molecule has 84 valence electrons. The number of benzene rings is 1. The van der Waals surface area contributed by atoms with Crippen molar-refractivity contribution in [3.63, 3.8) is 0 Å². The maximum absolute atomic E-state index is 5.60. The summed E-state index contributed by atoms with van der Waals surface area (Å²) in [5.41, 5.74) is 3.66. The van der Waals surface area contributed by atoms with Crippen molar-refractivity contribution < 1.29 is 9.15 Å². The number of hydrogen-bond acceptors (Lipinski definition) is 4. The lowest BCUT2D eigenvalue weighted by Crippen LogP contribution is -2.32. The molecule has 1 aromatic carbocycles. The molecule has 2 rings (SSSR count). The molecule has 0 bridgehead atoms. The van der Waals surface area contributed by atoms with E-state index in [0.717, 1.165) is 11.3 Å². The van der Waals surface area contributed by atoms with E-state index in [-0.39, 0.29) is 6.04 Å². The van der Waals surface area contributed by atoms with Crippen molar-refractivity contribution in [3.8, 4) is 5.75 Å². The molecule has 3 N–H and O–H groups in total. The molecule has 0 aliphatic heterocycles. The number of nitrogens with two attached hydrogens (primary N) is 1. The number of nitrogens with one attached hydrogen (secondary N) is 1. The fraction of sp³-hybridized carbons (Fsp3) is 0.167. The highest BCUT2D eigenvalue weighted by atomic mass is 16.5. The third-order valence-corrected chi connectivity index (χ3v) is 2.31. The van der Waals surface area contributed by atoms with Gasteiger partial charge in [-0.05, 0) is 18.2 Å². The van der Waals surface area contributed by atoms with Crippen LogP contribution in [0, 0.1) is 0 Å². The highest BCUT2D eigenvalue weighted by Gasteiger charge is 2.11. The van der Waals surface area contributed by atoms with Gasteiger partial charge in [-0.2, -0.15) is 0 Å². The van der Waals surface area contributed by atoms with Crippen LogP contribution in [0.15, 0.2) is 53.3 Å². The van der Waals surface area contributed by atoms with E-state index >= 15 is 0 Å². The minimum Gasteiger partial charge on any atom is -0.492 e. The second kappa shape index (κ2) is 5.34. The molecule has 0 amide bonds. The van der Waals surface area contributed by atoms with Crippen molar-refractivity contribution in [3.05, 3.63) is 54.5 Å². The number of para-hydroxylation sites is 1. The molecule has 4 nitrogen and oxygen atoms in total. The maximum Gasteiger partial charge on any atom is 0.119 e. The Hall–Kier alpha value is -1.78. The largest absolute Gasteiger partial charge is 0.492 e. The van der Waals surface area contributed by atoms with Gasteiger partial charge in [-0.3, -0.25) is 5.84 Å². The molecule has 2 aromatic rings. The number of ether oxygens (including phenoxy) is 1. The van der Waals surface area contributed by atoms with Gasteiger partial charge in [0.25, 0.3) is 0 Å². The zero-order valence-electron chi connectivity index (χ0n) is 8.80. The second-order valence-electron chi connectivity index (χ2n) is 3.40. The Morgan fingerprint density at radius 2 is 2.06 bits per heavy atom. The van der Waals surface area contributed by atoms with E-state index in [1.165, 1.54) is 0 Å². The van der Waals surface area contributed by atoms with Crippen LogP contribution in [0.25, 0.3) is 0 Å². The van der Waals surface area contributed by atoms with Gasteiger partial charge < -0.3 is 9.15 Å². The van der Waals surface area contributed by atoms with Crippen molar-refractivity contribution in [2.45, 2.75) is 6.04 Å². The first-order valence-electron chi connectivity index (χ1n) is 5.06. The molecule has 0 saturated heterocycles. The summed E-state index contributed by atoms with van der Waals surface area (Å²) in [7, 11) is 0. The molecule has 16 heavy (non-hydrogen) atoms. The van der Waals surface area contributed by atoms with Gasteiger partial charge >= 0.3 is 0 Å². The Morgan fingerprint density at radius 3 is 2.69 bits per heavy atom. The predicted octanol–water partition coefficient (Wildman–Crippen LogP) is 1.86. The smallest absolute Gasteiger partial charge is 0.119 e. The topological polar surface area (TPSA) is 60.4 Å². The standard InChI is InChI=1S/C12H14N2O2/c13-14-12(10-6-7-15-8-10)9-16-11-4-2-1-3-5-11/h1-8,12,14H,9,13H2. The summed E-state index contributed by atoms with van der Waals surface area (Å²) in [5, 5.41) is 0. The highest BCUT2D eigenvalue weighted by Crippen LogP contribution is 2.15. The van der Waals surface area contributed by atoms with E-state index in [4.69, 9.17) is 15.0 Å². The van der Waals surface area contributed by atoms with Gasteiger partial charge in [0, 0.05) is 5.56 Å². The van der Waals surface area contributed by atoms with Crippen LogP contribution < -0.4 is 16.0 Å². The van der Waals surface area contributed by atoms with E-state index < -0.39 is 0 Å². The van der Waals surface area contributed by atoms with Gasteiger partial charge in [-0.25, -0.2) is 5.43 Å². The van der Waals surface area contributed by atoms with Crippen LogP contribution in [-0.2, 0) is 0 Å². The number of rotatable bonds is 5. The van der Waals surface area contributed by atoms with E-state index in [0.29, 0.717) is 6.61 Å². The molecule has 1 heterocycles. The van der Waals surface area contributed by atoms with Gasteiger partial charge in [0.1, 0.15) is 12.4 Å². The average Bonchev–Trinajstić information content (AvgIpc) is 2.85. The Morgan fingerprint density at radius 1 is 1.25 bits per heavy atom. The number of hydrazine groups is 1. The summed E-state index contributed by atoms with van der Waals surface area (Å²) >= 11 is 0. The van der Waals surface area contributed by atoms with Crippen LogP contribution in [0.3, 0.4) is 0 Å². The summed E-state index contributed by atoms with van der Waals surface area (Å²) in [6.45, 7) is 0.458. The second-order valence-corrected chi connectivity index (χ2v) is 3.40. The highest BCUT2D eigenvalue weighted by molar-refractivity contribution is 5.21. The first-order chi connectivity index (χ1) is 7.90. The fourth-order valence-corrected chi connectivity index (χ4v) is 1.41. The predicted molar refractivity (Wildman–Crippen MR) is 60.7 cm³/mol. The molecular weight excluding hydrogens is 204 g/mol. The van der Waals surface area contributed by atoms with Crippen LogP contribution in [0.4, 0.5) is 0 Å². The SMILES string of the molecule is NNC(COc1ccccc1)c1ccoc1. The monoisotopic (exact) mass is 218 g/mol. The minimum absolute atomic E-state index is 0.0704. The third-order valence-electron chi connectivity index (χ3n) is 2.31. The van der Waals surface area contributed by atoms with Crippen LogP contribution in [0.1, 0.15) is 11.6 Å². The van der Waals surface area contributed by atoms with Crippen molar-refractivity contribution >= 4 is 0 Å². The van der Waals surface area contributed by atoms with Gasteiger partial charge in [-0.1, -0.05) is 18.2 Å². The summed E-state index contributed by atoms with van der Waals surface area (Å²) < 4.78 is 10.6. The number of furan rings is 1. The molecule has 1 aromatic heterocycles. The van der Waals surface area contributed by atoms with E-state index in [1.54, 1.807) is 12.5 Å². The van der Waals surface area contributed by atoms with E-state index in [9.17, 15) is 0 Å². The molecule has 0 spiro atoms. The van der Waals surface area contributed by atoms with E-state index in [1.807, 2.05) is 36.4 Å². The summed E-state index contributed by atoms with van der Waals surface area (Å²) in [4.78, 5) is 0. The van der Waals surface area contributed by atoms with Gasteiger partial charge in [-0.15, -0.1) is 0 Å². The van der Waals surface area contributed by atoms with Crippen molar-refractivity contribution in [1.29, 1.82) is 0 Å². The Kier molecular flexibility index (Phi) is 3.58. The Labute approximate surface area is 94.0 Å². The third kappa shape index (κ3) is 2.62. The van der Waals surface area contributed by atoms with Crippen LogP contribution >= 0.6 is 0 Å². The lowest BCUT2D eigenvalue weighted by atomic mass is 10.2. The molecule has 1 unspecified atom stereocenters. The maximum atomic E-state index is 5.60. The van der Waals surface area contributed by atoms with Crippen molar-refractivity contribution in [1.82, 2.24) is 5.43 Å². The van der Waals surface area contributed by atoms with E-state index in [2.05, 4.69) is 5.43 Å².